The summed E-state index contributed by atoms with van der Waals surface area (Å²) in [5, 5.41) is 11.5. The fourth-order valence-corrected chi connectivity index (χ4v) is 2.12. The van der Waals surface area contributed by atoms with Crippen LogP contribution in [0.25, 0.3) is 0 Å². The number of hydrogen-bond acceptors (Lipinski definition) is 4. The smallest absolute Gasteiger partial charge is 0.341 e. The third kappa shape index (κ3) is 5.73. The lowest BCUT2D eigenvalue weighted by molar-refractivity contribution is -0.139. The van der Waals surface area contributed by atoms with E-state index in [0.29, 0.717) is 24.5 Å². The first-order chi connectivity index (χ1) is 10.5. The number of amides is 1. The number of benzene rings is 1. The molecule has 0 aliphatic carbocycles. The number of ether oxygens (including phenoxy) is 2. The van der Waals surface area contributed by atoms with Crippen molar-refractivity contribution in [3.63, 3.8) is 0 Å². The highest BCUT2D eigenvalue weighted by molar-refractivity contribution is 5.94. The van der Waals surface area contributed by atoms with Crippen LogP contribution < -0.4 is 10.1 Å². The maximum absolute atomic E-state index is 12.1. The fourth-order valence-electron chi connectivity index (χ4n) is 2.12. The largest absolute Gasteiger partial charge is 0.481 e. The summed E-state index contributed by atoms with van der Waals surface area (Å²) < 4.78 is 10.2. The predicted molar refractivity (Wildman–Crippen MR) is 82.5 cm³/mol. The van der Waals surface area contributed by atoms with E-state index in [9.17, 15) is 9.59 Å². The Morgan fingerprint density at radius 2 is 1.82 bits per heavy atom. The van der Waals surface area contributed by atoms with Crippen molar-refractivity contribution in [3.05, 3.63) is 28.8 Å². The van der Waals surface area contributed by atoms with Crippen molar-refractivity contribution in [2.75, 3.05) is 26.9 Å². The molecule has 6 heteroatoms. The van der Waals surface area contributed by atoms with Gasteiger partial charge in [-0.25, -0.2) is 4.79 Å². The summed E-state index contributed by atoms with van der Waals surface area (Å²) in [6.07, 6.45) is 1.76. The molecule has 1 amide bonds. The SMILES string of the molecule is COCCCCNC(=O)c1cc(C)c(OCC(=O)O)c(C)c1. The number of methoxy groups -OCH3 is 1. The van der Waals surface area contributed by atoms with E-state index >= 15 is 0 Å². The van der Waals surface area contributed by atoms with Gasteiger partial charge in [-0.1, -0.05) is 0 Å². The molecule has 6 nitrogen and oxygen atoms in total. The Bertz CT molecular complexity index is 504. The zero-order valence-corrected chi connectivity index (χ0v) is 13.3. The number of unbranched alkanes of at least 4 members (excludes halogenated alkanes) is 1. The molecular weight excluding hydrogens is 286 g/mol. The number of carbonyl (C=O) groups excluding carboxylic acids is 1. The lowest BCUT2D eigenvalue weighted by atomic mass is 10.0. The van der Waals surface area contributed by atoms with Crippen LogP contribution in [0.5, 0.6) is 5.75 Å². The van der Waals surface area contributed by atoms with Crippen LogP contribution in [-0.4, -0.2) is 43.9 Å². The van der Waals surface area contributed by atoms with Gasteiger partial charge in [0.1, 0.15) is 5.75 Å². The maximum atomic E-state index is 12.1. The van der Waals surface area contributed by atoms with Crippen molar-refractivity contribution < 1.29 is 24.2 Å². The Hall–Kier alpha value is -2.08. The molecule has 0 heterocycles. The monoisotopic (exact) mass is 309 g/mol. The van der Waals surface area contributed by atoms with Crippen LogP contribution in [-0.2, 0) is 9.53 Å². The minimum atomic E-state index is -1.03. The Kier molecular flexibility index (Phi) is 7.39. The molecule has 1 rings (SSSR count). The molecule has 1 aromatic rings. The van der Waals surface area contributed by atoms with Crippen molar-refractivity contribution in [2.24, 2.45) is 0 Å². The minimum absolute atomic E-state index is 0.145. The highest BCUT2D eigenvalue weighted by atomic mass is 16.5. The minimum Gasteiger partial charge on any atom is -0.481 e. The average molecular weight is 309 g/mol. The van der Waals surface area contributed by atoms with Crippen LogP contribution in [0, 0.1) is 13.8 Å². The van der Waals surface area contributed by atoms with Gasteiger partial charge in [0, 0.05) is 25.8 Å². The molecule has 0 fully saturated rings. The van der Waals surface area contributed by atoms with Gasteiger partial charge in [0.15, 0.2) is 6.61 Å². The quantitative estimate of drug-likeness (QED) is 0.681. The van der Waals surface area contributed by atoms with E-state index in [2.05, 4.69) is 5.32 Å². The molecule has 122 valence electrons. The second kappa shape index (κ2) is 9.04. The van der Waals surface area contributed by atoms with Crippen LogP contribution in [0.15, 0.2) is 12.1 Å². The fraction of sp³-hybridized carbons (Fsp3) is 0.500. The van der Waals surface area contributed by atoms with E-state index in [0.717, 1.165) is 24.0 Å². The van der Waals surface area contributed by atoms with E-state index in [-0.39, 0.29) is 5.91 Å². The average Bonchev–Trinajstić information content (AvgIpc) is 2.45. The van der Waals surface area contributed by atoms with Crippen molar-refractivity contribution in [1.29, 1.82) is 0 Å². The lowest BCUT2D eigenvalue weighted by Gasteiger charge is -2.13. The Balaban J connectivity index is 2.64. The first-order valence-corrected chi connectivity index (χ1v) is 7.18. The van der Waals surface area contributed by atoms with E-state index < -0.39 is 12.6 Å². The van der Waals surface area contributed by atoms with Gasteiger partial charge < -0.3 is 19.9 Å². The zero-order valence-electron chi connectivity index (χ0n) is 13.3. The first kappa shape index (κ1) is 18.0. The third-order valence-electron chi connectivity index (χ3n) is 3.12. The molecular formula is C16H23NO5. The first-order valence-electron chi connectivity index (χ1n) is 7.18. The summed E-state index contributed by atoms with van der Waals surface area (Å²) >= 11 is 0. The molecule has 22 heavy (non-hydrogen) atoms. The Labute approximate surface area is 130 Å². The molecule has 0 saturated heterocycles. The van der Waals surface area contributed by atoms with Gasteiger partial charge in [0.25, 0.3) is 5.91 Å². The Morgan fingerprint density at radius 3 is 2.36 bits per heavy atom. The third-order valence-corrected chi connectivity index (χ3v) is 3.12. The summed E-state index contributed by atoms with van der Waals surface area (Å²) in [6, 6.07) is 3.41. The topological polar surface area (TPSA) is 84.9 Å². The lowest BCUT2D eigenvalue weighted by Crippen LogP contribution is -2.25. The van der Waals surface area contributed by atoms with Crippen LogP contribution in [0.3, 0.4) is 0 Å². The second-order valence-corrected chi connectivity index (χ2v) is 5.08. The van der Waals surface area contributed by atoms with Crippen LogP contribution in [0.2, 0.25) is 0 Å². The van der Waals surface area contributed by atoms with E-state index in [4.69, 9.17) is 14.6 Å². The van der Waals surface area contributed by atoms with Gasteiger partial charge in [-0.15, -0.1) is 0 Å². The maximum Gasteiger partial charge on any atom is 0.341 e. The number of carbonyl (C=O) groups is 2. The molecule has 0 spiro atoms. The molecule has 1 aromatic carbocycles. The summed E-state index contributed by atoms with van der Waals surface area (Å²) in [5.74, 6) is -0.663. The normalized spacial score (nSPS) is 10.3. The number of nitrogens with one attached hydrogen (secondary N) is 1. The standard InChI is InChI=1S/C16H23NO5/c1-11-8-13(16(20)17-6-4-5-7-21-3)9-12(2)15(11)22-10-14(18)19/h8-9H,4-7,10H2,1-3H3,(H,17,20)(H,18,19). The Morgan fingerprint density at radius 1 is 1.18 bits per heavy atom. The van der Waals surface area contributed by atoms with Crippen molar-refractivity contribution in [3.8, 4) is 5.75 Å². The molecule has 0 saturated carbocycles. The molecule has 0 aromatic heterocycles. The summed E-state index contributed by atoms with van der Waals surface area (Å²) in [5.41, 5.74) is 2.03. The van der Waals surface area contributed by atoms with E-state index in [1.165, 1.54) is 0 Å². The molecule has 0 radical (unpaired) electrons. The van der Waals surface area contributed by atoms with Crippen molar-refractivity contribution in [2.45, 2.75) is 26.7 Å². The molecule has 0 atom stereocenters. The predicted octanol–water partition coefficient (Wildman–Crippen LogP) is 1.92. The molecule has 0 aliphatic heterocycles. The highest BCUT2D eigenvalue weighted by Crippen LogP contribution is 2.24. The molecule has 0 aliphatic rings. The molecule has 0 bridgehead atoms. The van der Waals surface area contributed by atoms with Gasteiger partial charge in [0.2, 0.25) is 0 Å². The summed E-state index contributed by atoms with van der Waals surface area (Å²) in [6.45, 7) is 4.47. The van der Waals surface area contributed by atoms with Gasteiger partial charge >= 0.3 is 5.97 Å². The van der Waals surface area contributed by atoms with Crippen molar-refractivity contribution in [1.82, 2.24) is 5.32 Å². The van der Waals surface area contributed by atoms with Gasteiger partial charge in [-0.05, 0) is 49.9 Å². The van der Waals surface area contributed by atoms with E-state index in [1.54, 1.807) is 33.1 Å². The number of rotatable bonds is 9. The molecule has 2 N–H and O–H groups in total. The second-order valence-electron chi connectivity index (χ2n) is 5.08. The highest BCUT2D eigenvalue weighted by Gasteiger charge is 2.12. The summed E-state index contributed by atoms with van der Waals surface area (Å²) in [4.78, 5) is 22.6. The van der Waals surface area contributed by atoms with Crippen LogP contribution >= 0.6 is 0 Å². The number of hydrogen-bond donors (Lipinski definition) is 2. The van der Waals surface area contributed by atoms with Gasteiger partial charge in [-0.3, -0.25) is 4.79 Å². The van der Waals surface area contributed by atoms with E-state index in [1.807, 2.05) is 0 Å². The molecule has 0 unspecified atom stereocenters. The number of carboxylic acid groups (broad SMARTS) is 1. The number of aryl methyl sites for hydroxylation is 2. The van der Waals surface area contributed by atoms with Crippen LogP contribution in [0.1, 0.15) is 34.3 Å². The summed E-state index contributed by atoms with van der Waals surface area (Å²) in [7, 11) is 1.65. The van der Waals surface area contributed by atoms with Gasteiger partial charge in [-0.2, -0.15) is 0 Å². The number of aliphatic carboxylic acids is 1. The van der Waals surface area contributed by atoms with Gasteiger partial charge in [0.05, 0.1) is 0 Å². The zero-order chi connectivity index (χ0) is 16.5. The van der Waals surface area contributed by atoms with Crippen molar-refractivity contribution >= 4 is 11.9 Å². The van der Waals surface area contributed by atoms with Crippen LogP contribution in [0.4, 0.5) is 0 Å². The number of carboxylic acids is 1.